The Bertz CT molecular complexity index is 1110. The number of para-hydroxylation sites is 1. The molecule has 0 atom stereocenters. The first-order chi connectivity index (χ1) is 13.7. The van der Waals surface area contributed by atoms with E-state index in [-0.39, 0.29) is 11.6 Å². The van der Waals surface area contributed by atoms with Gasteiger partial charge in [-0.15, -0.1) is 10.2 Å². The minimum Gasteiger partial charge on any atom is -0.361 e. The molecule has 140 valence electrons. The lowest BCUT2D eigenvalue weighted by atomic mass is 10.1. The summed E-state index contributed by atoms with van der Waals surface area (Å²) in [5, 5.41) is 15.8. The number of H-pyrrole nitrogens is 1. The highest BCUT2D eigenvalue weighted by Crippen LogP contribution is 2.19. The van der Waals surface area contributed by atoms with Gasteiger partial charge in [-0.1, -0.05) is 35.9 Å². The summed E-state index contributed by atoms with van der Waals surface area (Å²) in [5.41, 5.74) is 3.34. The fourth-order valence-electron chi connectivity index (χ4n) is 2.97. The molecular formula is C21H18ClN5O. The lowest BCUT2D eigenvalue weighted by Gasteiger charge is -2.07. The van der Waals surface area contributed by atoms with Crippen LogP contribution in [-0.2, 0) is 6.42 Å². The molecule has 2 heterocycles. The van der Waals surface area contributed by atoms with Crippen molar-refractivity contribution in [1.82, 2.24) is 20.5 Å². The Hall–Kier alpha value is -3.38. The van der Waals surface area contributed by atoms with E-state index in [4.69, 9.17) is 11.6 Å². The van der Waals surface area contributed by atoms with Crippen LogP contribution in [-0.4, -0.2) is 27.6 Å². The van der Waals surface area contributed by atoms with Crippen LogP contribution in [0.15, 0.2) is 66.9 Å². The number of fused-ring (bicyclic) bond motifs is 1. The Morgan fingerprint density at radius 2 is 1.93 bits per heavy atom. The summed E-state index contributed by atoms with van der Waals surface area (Å²) in [6.45, 7) is 0.519. The van der Waals surface area contributed by atoms with Crippen LogP contribution in [0, 0.1) is 0 Å². The van der Waals surface area contributed by atoms with Crippen molar-refractivity contribution in [2.45, 2.75) is 6.42 Å². The predicted octanol–water partition coefficient (Wildman–Crippen LogP) is 4.33. The van der Waals surface area contributed by atoms with Crippen LogP contribution in [0.4, 0.5) is 11.5 Å². The van der Waals surface area contributed by atoms with Gasteiger partial charge in [0.25, 0.3) is 5.91 Å². The first-order valence-electron chi connectivity index (χ1n) is 8.88. The number of aromatic nitrogens is 3. The summed E-state index contributed by atoms with van der Waals surface area (Å²) >= 11 is 5.96. The van der Waals surface area contributed by atoms with E-state index in [0.29, 0.717) is 17.4 Å². The molecule has 0 unspecified atom stereocenters. The summed E-state index contributed by atoms with van der Waals surface area (Å²) in [4.78, 5) is 15.5. The Balaban J connectivity index is 1.33. The van der Waals surface area contributed by atoms with Gasteiger partial charge in [0.2, 0.25) is 0 Å². The van der Waals surface area contributed by atoms with E-state index >= 15 is 0 Å². The zero-order valence-electron chi connectivity index (χ0n) is 14.9. The minimum absolute atomic E-state index is 0.248. The number of halogens is 1. The standard InChI is InChI=1S/C21H18ClN5O/c22-15-4-3-5-16(12-15)25-20-9-8-19(26-27-20)21(28)23-11-10-14-13-24-18-7-2-1-6-17(14)18/h1-9,12-13,24H,10-11H2,(H,23,28)(H,25,27). The van der Waals surface area contributed by atoms with E-state index in [1.54, 1.807) is 24.3 Å². The summed E-state index contributed by atoms with van der Waals surface area (Å²) in [5.74, 6) is 0.291. The molecule has 1 amide bonds. The van der Waals surface area contributed by atoms with Gasteiger partial charge in [0, 0.05) is 34.4 Å². The number of carbonyl (C=O) groups excluding carboxylic acids is 1. The SMILES string of the molecule is O=C(NCCc1c[nH]c2ccccc12)c1ccc(Nc2cccc(Cl)c2)nn1. The van der Waals surface area contributed by atoms with Crippen molar-refractivity contribution < 1.29 is 4.79 Å². The maximum atomic E-state index is 12.3. The van der Waals surface area contributed by atoms with Gasteiger partial charge >= 0.3 is 0 Å². The zero-order chi connectivity index (χ0) is 19.3. The molecule has 4 aromatic rings. The molecule has 0 aliphatic rings. The van der Waals surface area contributed by atoms with E-state index in [2.05, 4.69) is 31.9 Å². The number of aromatic amines is 1. The van der Waals surface area contributed by atoms with Crippen molar-refractivity contribution in [1.29, 1.82) is 0 Å². The molecule has 4 rings (SSSR count). The molecule has 2 aromatic carbocycles. The van der Waals surface area contributed by atoms with Crippen molar-refractivity contribution in [3.05, 3.63) is 83.1 Å². The first-order valence-corrected chi connectivity index (χ1v) is 9.26. The first kappa shape index (κ1) is 18.0. The van der Waals surface area contributed by atoms with E-state index in [9.17, 15) is 4.79 Å². The maximum Gasteiger partial charge on any atom is 0.271 e. The maximum absolute atomic E-state index is 12.3. The van der Waals surface area contributed by atoms with Crippen molar-refractivity contribution in [3.8, 4) is 0 Å². The fourth-order valence-corrected chi connectivity index (χ4v) is 3.16. The van der Waals surface area contributed by atoms with Crippen molar-refractivity contribution in [2.24, 2.45) is 0 Å². The normalized spacial score (nSPS) is 10.8. The van der Waals surface area contributed by atoms with Crippen LogP contribution in [0.1, 0.15) is 16.1 Å². The second-order valence-electron chi connectivity index (χ2n) is 6.30. The molecule has 0 fully saturated rings. The third kappa shape index (κ3) is 4.13. The quantitative estimate of drug-likeness (QED) is 0.457. The van der Waals surface area contributed by atoms with Gasteiger partial charge in [-0.3, -0.25) is 4.79 Å². The van der Waals surface area contributed by atoms with Crippen LogP contribution in [0.5, 0.6) is 0 Å². The summed E-state index contributed by atoms with van der Waals surface area (Å²) < 4.78 is 0. The van der Waals surface area contributed by atoms with Gasteiger partial charge < -0.3 is 15.6 Å². The highest BCUT2D eigenvalue weighted by Gasteiger charge is 2.09. The number of carbonyl (C=O) groups is 1. The fraction of sp³-hybridized carbons (Fsp3) is 0.0952. The van der Waals surface area contributed by atoms with Gasteiger partial charge in [0.1, 0.15) is 0 Å². The van der Waals surface area contributed by atoms with Crippen molar-refractivity contribution in [3.63, 3.8) is 0 Å². The van der Waals surface area contributed by atoms with E-state index in [0.717, 1.165) is 17.6 Å². The third-order valence-corrected chi connectivity index (χ3v) is 4.58. The highest BCUT2D eigenvalue weighted by molar-refractivity contribution is 6.30. The van der Waals surface area contributed by atoms with Crippen LogP contribution in [0.25, 0.3) is 10.9 Å². The molecule has 2 aromatic heterocycles. The van der Waals surface area contributed by atoms with E-state index in [1.165, 1.54) is 10.9 Å². The topological polar surface area (TPSA) is 82.7 Å². The summed E-state index contributed by atoms with van der Waals surface area (Å²) in [7, 11) is 0. The number of benzene rings is 2. The highest BCUT2D eigenvalue weighted by atomic mass is 35.5. The molecule has 0 aliphatic heterocycles. The van der Waals surface area contributed by atoms with Gasteiger partial charge in [0.05, 0.1) is 0 Å². The average Bonchev–Trinajstić information content (AvgIpc) is 3.12. The number of nitrogens with one attached hydrogen (secondary N) is 3. The Morgan fingerprint density at radius 1 is 1.04 bits per heavy atom. The van der Waals surface area contributed by atoms with E-state index < -0.39 is 0 Å². The number of nitrogens with zero attached hydrogens (tertiary/aromatic N) is 2. The monoisotopic (exact) mass is 391 g/mol. The van der Waals surface area contributed by atoms with Gasteiger partial charge in [-0.25, -0.2) is 0 Å². The molecule has 7 heteroatoms. The van der Waals surface area contributed by atoms with Gasteiger partial charge in [0.15, 0.2) is 11.5 Å². The van der Waals surface area contributed by atoms with Crippen LogP contribution < -0.4 is 10.6 Å². The summed E-state index contributed by atoms with van der Waals surface area (Å²) in [6.07, 6.45) is 2.71. The molecule has 0 spiro atoms. The molecule has 0 bridgehead atoms. The zero-order valence-corrected chi connectivity index (χ0v) is 15.7. The summed E-state index contributed by atoms with van der Waals surface area (Å²) in [6, 6.07) is 18.7. The van der Waals surface area contributed by atoms with E-state index in [1.807, 2.05) is 36.5 Å². The second kappa shape index (κ2) is 8.10. The Kier molecular flexibility index (Phi) is 5.21. The average molecular weight is 392 g/mol. The predicted molar refractivity (Wildman–Crippen MR) is 111 cm³/mol. The molecule has 6 nitrogen and oxygen atoms in total. The minimum atomic E-state index is -0.248. The van der Waals surface area contributed by atoms with Gasteiger partial charge in [-0.2, -0.15) is 0 Å². The number of amides is 1. The lowest BCUT2D eigenvalue weighted by molar-refractivity contribution is 0.0948. The smallest absolute Gasteiger partial charge is 0.271 e. The van der Waals surface area contributed by atoms with Crippen LogP contribution >= 0.6 is 11.6 Å². The third-order valence-electron chi connectivity index (χ3n) is 4.35. The molecule has 3 N–H and O–H groups in total. The van der Waals surface area contributed by atoms with Crippen molar-refractivity contribution >= 4 is 39.9 Å². The molecule has 0 saturated carbocycles. The molecule has 0 saturated heterocycles. The number of anilines is 2. The largest absolute Gasteiger partial charge is 0.361 e. The molecule has 0 radical (unpaired) electrons. The van der Waals surface area contributed by atoms with Crippen LogP contribution in [0.2, 0.25) is 5.02 Å². The lowest BCUT2D eigenvalue weighted by Crippen LogP contribution is -2.26. The number of hydrogen-bond acceptors (Lipinski definition) is 4. The number of hydrogen-bond donors (Lipinski definition) is 3. The van der Waals surface area contributed by atoms with Crippen LogP contribution in [0.3, 0.4) is 0 Å². The van der Waals surface area contributed by atoms with Gasteiger partial charge in [-0.05, 0) is 48.4 Å². The molecular weight excluding hydrogens is 374 g/mol. The van der Waals surface area contributed by atoms with Crippen molar-refractivity contribution in [2.75, 3.05) is 11.9 Å². The second-order valence-corrected chi connectivity index (χ2v) is 6.74. The Morgan fingerprint density at radius 3 is 2.75 bits per heavy atom. The number of rotatable bonds is 6. The Labute approximate surface area is 167 Å². The molecule has 0 aliphatic carbocycles. The molecule has 28 heavy (non-hydrogen) atoms.